The van der Waals surface area contributed by atoms with Crippen LogP contribution in [0.15, 0.2) is 28.7 Å². The van der Waals surface area contributed by atoms with Crippen LogP contribution in [0.5, 0.6) is 5.75 Å². The van der Waals surface area contributed by atoms with Crippen LogP contribution in [-0.2, 0) is 11.4 Å². The third-order valence-electron chi connectivity index (χ3n) is 3.78. The van der Waals surface area contributed by atoms with Gasteiger partial charge >= 0.3 is 0 Å². The van der Waals surface area contributed by atoms with E-state index < -0.39 is 0 Å². The molecule has 6 nitrogen and oxygen atoms in total. The molecule has 0 N–H and O–H groups in total. The molecule has 23 heavy (non-hydrogen) atoms. The maximum atomic E-state index is 5.73. The lowest BCUT2D eigenvalue weighted by atomic mass is 10.1. The predicted molar refractivity (Wildman–Crippen MR) is 88.9 cm³/mol. The first-order chi connectivity index (χ1) is 11.0. The van der Waals surface area contributed by atoms with Crippen LogP contribution >= 0.6 is 12.2 Å². The Kier molecular flexibility index (Phi) is 4.52. The number of ether oxygens (including phenoxy) is 2. The number of rotatable bonds is 4. The maximum Gasteiger partial charge on any atom is 0.288 e. The Morgan fingerprint density at radius 3 is 2.70 bits per heavy atom. The largest absolute Gasteiger partial charge is 0.497 e. The Morgan fingerprint density at radius 1 is 1.30 bits per heavy atom. The molecule has 0 amide bonds. The van der Waals surface area contributed by atoms with Gasteiger partial charge in [-0.25, -0.2) is 4.68 Å². The third kappa shape index (κ3) is 3.80. The molecular formula is C16H21N3O3S. The van der Waals surface area contributed by atoms with E-state index in [0.717, 1.165) is 24.4 Å². The lowest BCUT2D eigenvalue weighted by Gasteiger charge is -2.37. The highest BCUT2D eigenvalue weighted by Gasteiger charge is 2.27. The van der Waals surface area contributed by atoms with Crippen molar-refractivity contribution in [3.05, 3.63) is 29.1 Å². The molecule has 2 heterocycles. The highest BCUT2D eigenvalue weighted by atomic mass is 32.1. The van der Waals surface area contributed by atoms with Gasteiger partial charge in [-0.2, -0.15) is 0 Å². The SMILES string of the molecule is COc1ccc(-c2nn(CN3CCOC(C)(C)C3)c(=S)o2)cc1. The van der Waals surface area contributed by atoms with Crippen molar-refractivity contribution in [3.63, 3.8) is 0 Å². The van der Waals surface area contributed by atoms with Crippen LogP contribution in [0.1, 0.15) is 13.8 Å². The summed E-state index contributed by atoms with van der Waals surface area (Å²) in [6, 6.07) is 7.55. The smallest absolute Gasteiger partial charge is 0.288 e. The molecule has 0 saturated carbocycles. The van der Waals surface area contributed by atoms with Gasteiger partial charge in [0.05, 0.1) is 26.0 Å². The van der Waals surface area contributed by atoms with Crippen molar-refractivity contribution in [1.29, 1.82) is 0 Å². The molecule has 1 fully saturated rings. The molecule has 1 aromatic carbocycles. The molecule has 124 valence electrons. The molecule has 1 aliphatic heterocycles. The van der Waals surface area contributed by atoms with Gasteiger partial charge in [-0.3, -0.25) is 4.90 Å². The lowest BCUT2D eigenvalue weighted by molar-refractivity contribution is -0.0948. The molecule has 3 rings (SSSR count). The van der Waals surface area contributed by atoms with Gasteiger partial charge in [0, 0.05) is 18.7 Å². The third-order valence-corrected chi connectivity index (χ3v) is 4.08. The minimum absolute atomic E-state index is 0.150. The maximum absolute atomic E-state index is 5.73. The standard InChI is InChI=1S/C16H21N3O3S/c1-16(2)10-18(8-9-21-16)11-19-15(23)22-14(17-19)12-4-6-13(20-3)7-5-12/h4-7H,8-11H2,1-3H3. The van der Waals surface area contributed by atoms with Crippen molar-refractivity contribution in [1.82, 2.24) is 14.7 Å². The number of hydrogen-bond acceptors (Lipinski definition) is 6. The average Bonchev–Trinajstić information content (AvgIpc) is 2.87. The fraction of sp³-hybridized carbons (Fsp3) is 0.500. The van der Waals surface area contributed by atoms with Crippen molar-refractivity contribution in [2.45, 2.75) is 26.1 Å². The van der Waals surface area contributed by atoms with E-state index in [0.29, 0.717) is 24.0 Å². The van der Waals surface area contributed by atoms with Crippen LogP contribution in [0.4, 0.5) is 0 Å². The van der Waals surface area contributed by atoms with Crippen molar-refractivity contribution >= 4 is 12.2 Å². The van der Waals surface area contributed by atoms with Crippen LogP contribution in [-0.4, -0.2) is 47.1 Å². The van der Waals surface area contributed by atoms with E-state index >= 15 is 0 Å². The Labute approximate surface area is 140 Å². The van der Waals surface area contributed by atoms with Gasteiger partial charge in [0.25, 0.3) is 4.84 Å². The number of methoxy groups -OCH3 is 1. The monoisotopic (exact) mass is 335 g/mol. The zero-order chi connectivity index (χ0) is 16.4. The Morgan fingerprint density at radius 2 is 2.04 bits per heavy atom. The molecule has 0 atom stereocenters. The number of benzene rings is 1. The van der Waals surface area contributed by atoms with Crippen molar-refractivity contribution in [2.75, 3.05) is 26.8 Å². The molecule has 1 aliphatic rings. The van der Waals surface area contributed by atoms with E-state index in [1.807, 2.05) is 24.3 Å². The molecule has 0 aliphatic carbocycles. The fourth-order valence-electron chi connectivity index (χ4n) is 2.67. The normalized spacial score (nSPS) is 18.0. The van der Waals surface area contributed by atoms with Gasteiger partial charge < -0.3 is 13.9 Å². The zero-order valence-corrected chi connectivity index (χ0v) is 14.4. The van der Waals surface area contributed by atoms with E-state index in [2.05, 4.69) is 23.8 Å². The predicted octanol–water partition coefficient (Wildman–Crippen LogP) is 2.95. The highest BCUT2D eigenvalue weighted by molar-refractivity contribution is 7.71. The minimum Gasteiger partial charge on any atom is -0.497 e. The molecule has 0 spiro atoms. The first-order valence-corrected chi connectivity index (χ1v) is 7.96. The molecule has 0 radical (unpaired) electrons. The lowest BCUT2D eigenvalue weighted by Crippen LogP contribution is -2.48. The summed E-state index contributed by atoms with van der Waals surface area (Å²) in [6.07, 6.45) is 0. The second-order valence-electron chi connectivity index (χ2n) is 6.20. The summed E-state index contributed by atoms with van der Waals surface area (Å²) in [6.45, 7) is 7.18. The van der Waals surface area contributed by atoms with Crippen LogP contribution in [0.2, 0.25) is 0 Å². The van der Waals surface area contributed by atoms with E-state index in [1.54, 1.807) is 11.8 Å². The number of nitrogens with zero attached hydrogens (tertiary/aromatic N) is 3. The van der Waals surface area contributed by atoms with Crippen LogP contribution in [0, 0.1) is 4.84 Å². The molecule has 2 aromatic rings. The summed E-state index contributed by atoms with van der Waals surface area (Å²) in [5, 5.41) is 4.50. The fourth-order valence-corrected chi connectivity index (χ4v) is 2.85. The second kappa shape index (κ2) is 6.43. The summed E-state index contributed by atoms with van der Waals surface area (Å²) in [5.74, 6) is 1.31. The molecule has 1 saturated heterocycles. The molecule has 0 bridgehead atoms. The highest BCUT2D eigenvalue weighted by Crippen LogP contribution is 2.22. The summed E-state index contributed by atoms with van der Waals surface area (Å²) < 4.78 is 18.2. The topological polar surface area (TPSA) is 52.7 Å². The second-order valence-corrected chi connectivity index (χ2v) is 6.55. The van der Waals surface area contributed by atoms with E-state index in [-0.39, 0.29) is 5.60 Å². The van der Waals surface area contributed by atoms with Gasteiger partial charge in [0.1, 0.15) is 5.75 Å². The van der Waals surface area contributed by atoms with Crippen LogP contribution < -0.4 is 4.74 Å². The van der Waals surface area contributed by atoms with Crippen molar-refractivity contribution in [3.8, 4) is 17.2 Å². The van der Waals surface area contributed by atoms with E-state index in [9.17, 15) is 0 Å². The number of morpholine rings is 1. The molecule has 7 heteroatoms. The van der Waals surface area contributed by atoms with Gasteiger partial charge in [-0.1, -0.05) is 0 Å². The first kappa shape index (κ1) is 16.2. The Bertz CT molecular complexity index is 721. The number of hydrogen-bond donors (Lipinski definition) is 0. The summed E-state index contributed by atoms with van der Waals surface area (Å²) >= 11 is 5.30. The van der Waals surface area contributed by atoms with Crippen LogP contribution in [0.25, 0.3) is 11.5 Å². The van der Waals surface area contributed by atoms with Crippen molar-refractivity contribution < 1.29 is 13.9 Å². The van der Waals surface area contributed by atoms with E-state index in [4.69, 9.17) is 26.1 Å². The van der Waals surface area contributed by atoms with Gasteiger partial charge in [-0.15, -0.1) is 5.10 Å². The van der Waals surface area contributed by atoms with Crippen LogP contribution in [0.3, 0.4) is 0 Å². The molecule has 0 unspecified atom stereocenters. The van der Waals surface area contributed by atoms with Gasteiger partial charge in [-0.05, 0) is 50.3 Å². The number of aromatic nitrogens is 2. The first-order valence-electron chi connectivity index (χ1n) is 7.55. The summed E-state index contributed by atoms with van der Waals surface area (Å²) in [7, 11) is 1.64. The zero-order valence-electron chi connectivity index (χ0n) is 13.6. The minimum atomic E-state index is -0.150. The quantitative estimate of drug-likeness (QED) is 0.801. The molecule has 1 aromatic heterocycles. The van der Waals surface area contributed by atoms with Gasteiger partial charge in [0.15, 0.2) is 0 Å². The molecular weight excluding hydrogens is 314 g/mol. The van der Waals surface area contributed by atoms with Gasteiger partial charge in [0.2, 0.25) is 5.89 Å². The Balaban J connectivity index is 1.76. The summed E-state index contributed by atoms with van der Waals surface area (Å²) in [5.41, 5.74) is 0.723. The Hall–Kier alpha value is -1.70. The average molecular weight is 335 g/mol. The summed E-state index contributed by atoms with van der Waals surface area (Å²) in [4.78, 5) is 2.64. The van der Waals surface area contributed by atoms with E-state index in [1.165, 1.54) is 0 Å². The van der Waals surface area contributed by atoms with Crippen molar-refractivity contribution in [2.24, 2.45) is 0 Å².